The lowest BCUT2D eigenvalue weighted by Crippen LogP contribution is -2.30. The number of nitrogens with zero attached hydrogens (tertiary/aromatic N) is 4. The number of carbonyl (C=O) groups excluding carboxylic acids is 2. The molecule has 0 spiro atoms. The quantitative estimate of drug-likeness (QED) is 0.518. The summed E-state index contributed by atoms with van der Waals surface area (Å²) in [5, 5.41) is 16.7. The third kappa shape index (κ3) is 5.71. The van der Waals surface area contributed by atoms with Gasteiger partial charge in [-0.3, -0.25) is 9.59 Å². The third-order valence-electron chi connectivity index (χ3n) is 3.96. The molecule has 0 saturated carbocycles. The first-order valence-electron chi connectivity index (χ1n) is 8.74. The van der Waals surface area contributed by atoms with E-state index in [0.29, 0.717) is 31.5 Å². The van der Waals surface area contributed by atoms with Gasteiger partial charge in [0.1, 0.15) is 6.33 Å². The van der Waals surface area contributed by atoms with Gasteiger partial charge in [-0.2, -0.15) is 0 Å². The standard InChI is InChI=1S/C19H19BrN6O2/c20-16-4-1-3-15(12-16)19(28)22-10-2-9-21-18(27)11-14-5-7-17(8-6-14)26-13-23-24-25-26/h1,3-8,12-13H,2,9-11H2,(H,21,27)(H,22,28). The predicted octanol–water partition coefficient (Wildman–Crippen LogP) is 1.90. The van der Waals surface area contributed by atoms with Crippen LogP contribution in [-0.4, -0.2) is 45.1 Å². The summed E-state index contributed by atoms with van der Waals surface area (Å²) in [6.45, 7) is 0.993. The van der Waals surface area contributed by atoms with Crippen molar-refractivity contribution in [3.8, 4) is 5.69 Å². The van der Waals surface area contributed by atoms with Crippen LogP contribution in [-0.2, 0) is 11.2 Å². The zero-order valence-corrected chi connectivity index (χ0v) is 16.6. The van der Waals surface area contributed by atoms with Crippen molar-refractivity contribution in [1.82, 2.24) is 30.8 Å². The molecular weight excluding hydrogens is 424 g/mol. The van der Waals surface area contributed by atoms with E-state index in [4.69, 9.17) is 0 Å². The highest BCUT2D eigenvalue weighted by Crippen LogP contribution is 2.11. The van der Waals surface area contributed by atoms with Crippen molar-refractivity contribution in [2.75, 3.05) is 13.1 Å². The van der Waals surface area contributed by atoms with Crippen molar-refractivity contribution in [3.05, 3.63) is 70.5 Å². The minimum Gasteiger partial charge on any atom is -0.356 e. The van der Waals surface area contributed by atoms with Crippen molar-refractivity contribution >= 4 is 27.7 Å². The van der Waals surface area contributed by atoms with E-state index >= 15 is 0 Å². The number of halogens is 1. The molecule has 2 N–H and O–H groups in total. The summed E-state index contributed by atoms with van der Waals surface area (Å²) in [7, 11) is 0. The lowest BCUT2D eigenvalue weighted by molar-refractivity contribution is -0.120. The van der Waals surface area contributed by atoms with E-state index in [1.807, 2.05) is 36.4 Å². The zero-order chi connectivity index (χ0) is 19.8. The minimum atomic E-state index is -0.129. The summed E-state index contributed by atoms with van der Waals surface area (Å²) in [6, 6.07) is 14.7. The van der Waals surface area contributed by atoms with Crippen molar-refractivity contribution in [2.24, 2.45) is 0 Å². The Morgan fingerprint density at radius 1 is 1.04 bits per heavy atom. The maximum atomic E-state index is 12.0. The number of hydrogen-bond acceptors (Lipinski definition) is 5. The second-order valence-corrected chi connectivity index (χ2v) is 6.98. The van der Waals surface area contributed by atoms with Gasteiger partial charge in [-0.05, 0) is 52.7 Å². The molecule has 8 nitrogen and oxygen atoms in total. The molecule has 0 aliphatic rings. The lowest BCUT2D eigenvalue weighted by Gasteiger charge is -2.08. The molecule has 1 heterocycles. The van der Waals surface area contributed by atoms with Gasteiger partial charge < -0.3 is 10.6 Å². The highest BCUT2D eigenvalue weighted by atomic mass is 79.9. The molecule has 0 saturated heterocycles. The molecule has 2 amide bonds. The van der Waals surface area contributed by atoms with E-state index < -0.39 is 0 Å². The lowest BCUT2D eigenvalue weighted by atomic mass is 10.1. The van der Waals surface area contributed by atoms with E-state index in [0.717, 1.165) is 15.7 Å². The zero-order valence-electron chi connectivity index (χ0n) is 15.0. The average Bonchev–Trinajstić information content (AvgIpc) is 3.23. The molecule has 28 heavy (non-hydrogen) atoms. The van der Waals surface area contributed by atoms with Gasteiger partial charge in [0.15, 0.2) is 0 Å². The molecule has 2 aromatic carbocycles. The summed E-state index contributed by atoms with van der Waals surface area (Å²) in [5.74, 6) is -0.191. The van der Waals surface area contributed by atoms with Crippen LogP contribution in [0.5, 0.6) is 0 Å². The first-order chi connectivity index (χ1) is 13.6. The Labute approximate surface area is 170 Å². The second kappa shape index (κ2) is 9.75. The van der Waals surface area contributed by atoms with E-state index in [9.17, 15) is 9.59 Å². The fourth-order valence-corrected chi connectivity index (χ4v) is 2.94. The Bertz CT molecular complexity index is 928. The SMILES string of the molecule is O=C(Cc1ccc(-n2cnnn2)cc1)NCCCNC(=O)c1cccc(Br)c1. The van der Waals surface area contributed by atoms with Gasteiger partial charge in [0.25, 0.3) is 5.91 Å². The largest absolute Gasteiger partial charge is 0.356 e. The molecule has 0 unspecified atom stereocenters. The number of carbonyl (C=O) groups is 2. The molecule has 9 heteroatoms. The number of amides is 2. The van der Waals surface area contributed by atoms with Crippen molar-refractivity contribution in [3.63, 3.8) is 0 Å². The molecule has 1 aromatic heterocycles. The second-order valence-electron chi connectivity index (χ2n) is 6.07. The van der Waals surface area contributed by atoms with E-state index in [1.54, 1.807) is 16.8 Å². The normalized spacial score (nSPS) is 10.5. The number of benzene rings is 2. The topological polar surface area (TPSA) is 102 Å². The van der Waals surface area contributed by atoms with Gasteiger partial charge in [-0.25, -0.2) is 4.68 Å². The summed E-state index contributed by atoms with van der Waals surface area (Å²) in [4.78, 5) is 24.1. The van der Waals surface area contributed by atoms with Crippen molar-refractivity contribution in [2.45, 2.75) is 12.8 Å². The van der Waals surface area contributed by atoms with E-state index in [2.05, 4.69) is 42.1 Å². The molecule has 0 radical (unpaired) electrons. The van der Waals surface area contributed by atoms with Gasteiger partial charge in [0.2, 0.25) is 5.91 Å². The Morgan fingerprint density at radius 2 is 1.82 bits per heavy atom. The van der Waals surface area contributed by atoms with Crippen LogP contribution >= 0.6 is 15.9 Å². The van der Waals surface area contributed by atoms with Gasteiger partial charge in [0.05, 0.1) is 12.1 Å². The maximum absolute atomic E-state index is 12.0. The van der Waals surface area contributed by atoms with Gasteiger partial charge in [-0.1, -0.05) is 34.1 Å². The van der Waals surface area contributed by atoms with E-state index in [1.165, 1.54) is 6.33 Å². The van der Waals surface area contributed by atoms with Crippen LogP contribution in [0, 0.1) is 0 Å². The van der Waals surface area contributed by atoms with Crippen LogP contribution in [0.1, 0.15) is 22.3 Å². The third-order valence-corrected chi connectivity index (χ3v) is 4.46. The summed E-state index contributed by atoms with van der Waals surface area (Å²) >= 11 is 3.34. The smallest absolute Gasteiger partial charge is 0.251 e. The molecule has 0 fully saturated rings. The Balaban J connectivity index is 1.35. The molecule has 0 aliphatic heterocycles. The fraction of sp³-hybridized carbons (Fsp3) is 0.211. The number of nitrogens with one attached hydrogen (secondary N) is 2. The summed E-state index contributed by atoms with van der Waals surface area (Å²) in [5.41, 5.74) is 2.33. The first kappa shape index (κ1) is 19.7. The van der Waals surface area contributed by atoms with Crippen molar-refractivity contribution in [1.29, 1.82) is 0 Å². The van der Waals surface area contributed by atoms with E-state index in [-0.39, 0.29) is 11.8 Å². The van der Waals surface area contributed by atoms with Gasteiger partial charge >= 0.3 is 0 Å². The predicted molar refractivity (Wildman–Crippen MR) is 107 cm³/mol. The Hall–Kier alpha value is -3.07. The van der Waals surface area contributed by atoms with Crippen LogP contribution in [0.15, 0.2) is 59.3 Å². The number of hydrogen-bond donors (Lipinski definition) is 2. The summed E-state index contributed by atoms with van der Waals surface area (Å²) in [6.07, 6.45) is 2.46. The van der Waals surface area contributed by atoms with Gasteiger partial charge in [-0.15, -0.1) is 5.10 Å². The number of aromatic nitrogens is 4. The first-order valence-corrected chi connectivity index (χ1v) is 9.54. The van der Waals surface area contributed by atoms with Gasteiger partial charge in [0, 0.05) is 23.1 Å². The van der Waals surface area contributed by atoms with Crippen molar-refractivity contribution < 1.29 is 9.59 Å². The molecule has 0 aliphatic carbocycles. The van der Waals surface area contributed by atoms with Crippen LogP contribution < -0.4 is 10.6 Å². The number of tetrazole rings is 1. The number of rotatable bonds is 8. The van der Waals surface area contributed by atoms with Crippen LogP contribution in [0.4, 0.5) is 0 Å². The minimum absolute atomic E-state index is 0.0616. The molecule has 0 atom stereocenters. The maximum Gasteiger partial charge on any atom is 0.251 e. The molecule has 0 bridgehead atoms. The average molecular weight is 443 g/mol. The molecule has 3 rings (SSSR count). The van der Waals surface area contributed by atoms with Crippen LogP contribution in [0.2, 0.25) is 0 Å². The molecule has 3 aromatic rings. The fourth-order valence-electron chi connectivity index (χ4n) is 2.54. The summed E-state index contributed by atoms with van der Waals surface area (Å²) < 4.78 is 2.41. The highest BCUT2D eigenvalue weighted by Gasteiger charge is 2.06. The highest BCUT2D eigenvalue weighted by molar-refractivity contribution is 9.10. The Kier molecular flexibility index (Phi) is 6.85. The Morgan fingerprint density at radius 3 is 2.54 bits per heavy atom. The molecule has 144 valence electrons. The van der Waals surface area contributed by atoms with Crippen LogP contribution in [0.3, 0.4) is 0 Å². The monoisotopic (exact) mass is 442 g/mol. The molecular formula is C19H19BrN6O2. The van der Waals surface area contributed by atoms with Crippen LogP contribution in [0.25, 0.3) is 5.69 Å².